The van der Waals surface area contributed by atoms with Crippen LogP contribution in [0.5, 0.6) is 5.75 Å². The molecule has 1 N–H and O–H groups in total. The van der Waals surface area contributed by atoms with Gasteiger partial charge in [0, 0.05) is 24.7 Å². The first kappa shape index (κ1) is 30.7. The van der Waals surface area contributed by atoms with Crippen molar-refractivity contribution in [3.63, 3.8) is 0 Å². The molecular weight excluding hydrogens is 560 g/mol. The second-order valence-corrected chi connectivity index (χ2v) is 11.1. The third-order valence-electron chi connectivity index (χ3n) is 6.98. The van der Waals surface area contributed by atoms with Crippen molar-refractivity contribution in [2.45, 2.75) is 47.1 Å². The first-order chi connectivity index (χ1) is 18.0. The van der Waals surface area contributed by atoms with Gasteiger partial charge >= 0.3 is 18.0 Å². The smallest absolute Gasteiger partial charge is 0.435 e. The lowest BCUT2D eigenvalue weighted by Crippen LogP contribution is -2.54. The Morgan fingerprint density at radius 2 is 1.64 bits per heavy atom. The van der Waals surface area contributed by atoms with E-state index >= 15 is 0 Å². The Hall–Kier alpha value is -2.87. The van der Waals surface area contributed by atoms with Crippen LogP contribution in [0.1, 0.15) is 24.5 Å². The summed E-state index contributed by atoms with van der Waals surface area (Å²) in [6, 6.07) is 4.41. The molecule has 14 heteroatoms. The maximum absolute atomic E-state index is 14.7. The number of alkyl halides is 7. The molecule has 0 aromatic heterocycles. The highest BCUT2D eigenvalue weighted by Crippen LogP contribution is 2.57. The largest absolute Gasteiger partial charge is 0.492 e. The summed E-state index contributed by atoms with van der Waals surface area (Å²) in [7, 11) is -2.55. The summed E-state index contributed by atoms with van der Waals surface area (Å²) in [4.78, 5) is 1.49. The van der Waals surface area contributed by atoms with E-state index in [9.17, 15) is 43.5 Å². The second kappa shape index (κ2) is 10.6. The van der Waals surface area contributed by atoms with Gasteiger partial charge in [0.1, 0.15) is 22.9 Å². The zero-order valence-electron chi connectivity index (χ0n) is 20.8. The fourth-order valence-electron chi connectivity index (χ4n) is 5.00. The van der Waals surface area contributed by atoms with E-state index in [1.165, 1.54) is 0 Å². The van der Waals surface area contributed by atoms with E-state index in [-0.39, 0.29) is 36.1 Å². The SMILES string of the molecule is C=CNC.CCN1CCC2(S(=O)(=O)c3ccc(F)cc3)c3ccc(C(F)(C(F)(F)F)C(F)(F)F)cc3OCC12. The molecule has 1 saturated heterocycles. The van der Waals surface area contributed by atoms with E-state index in [2.05, 4.69) is 11.9 Å². The third kappa shape index (κ3) is 4.85. The first-order valence-corrected chi connectivity index (χ1v) is 13.1. The number of benzene rings is 2. The fraction of sp³-hybridized carbons (Fsp3) is 0.440. The van der Waals surface area contributed by atoms with Gasteiger partial charge in [-0.15, -0.1) is 0 Å². The van der Waals surface area contributed by atoms with Crippen LogP contribution in [0.2, 0.25) is 0 Å². The Morgan fingerprint density at radius 1 is 1.08 bits per heavy atom. The molecule has 5 nitrogen and oxygen atoms in total. The molecule has 2 aliphatic rings. The minimum absolute atomic E-state index is 0.0553. The lowest BCUT2D eigenvalue weighted by atomic mass is 9.85. The first-order valence-electron chi connectivity index (χ1n) is 11.7. The number of rotatable bonds is 5. The quantitative estimate of drug-likeness (QED) is 0.364. The predicted molar refractivity (Wildman–Crippen MR) is 127 cm³/mol. The fourth-order valence-corrected chi connectivity index (χ4v) is 7.31. The van der Waals surface area contributed by atoms with Crippen molar-refractivity contribution in [3.8, 4) is 5.75 Å². The number of hydrogen-bond acceptors (Lipinski definition) is 5. The van der Waals surface area contributed by atoms with Crippen molar-refractivity contribution < 1.29 is 48.3 Å². The number of likely N-dealkylation sites (tertiary alicyclic amines) is 1. The topological polar surface area (TPSA) is 58.6 Å². The number of halogens is 8. The van der Waals surface area contributed by atoms with E-state index in [1.807, 2.05) is 7.05 Å². The molecule has 2 heterocycles. The predicted octanol–water partition coefficient (Wildman–Crippen LogP) is 5.62. The number of ether oxygens (including phenoxy) is 1. The summed E-state index contributed by atoms with van der Waals surface area (Å²) >= 11 is 0. The van der Waals surface area contributed by atoms with Crippen molar-refractivity contribution in [1.29, 1.82) is 0 Å². The maximum Gasteiger partial charge on any atom is 0.435 e. The number of nitrogens with one attached hydrogen (secondary N) is 1. The van der Waals surface area contributed by atoms with Crippen molar-refractivity contribution >= 4 is 9.84 Å². The van der Waals surface area contributed by atoms with Gasteiger partial charge in [0.25, 0.3) is 0 Å². The molecule has 1 fully saturated rings. The number of fused-ring (bicyclic) bond motifs is 3. The highest BCUT2D eigenvalue weighted by atomic mass is 32.2. The second-order valence-electron chi connectivity index (χ2n) is 8.91. The number of sulfone groups is 1. The Labute approximate surface area is 220 Å². The van der Waals surface area contributed by atoms with Gasteiger partial charge in [0.15, 0.2) is 9.84 Å². The molecule has 0 saturated carbocycles. The van der Waals surface area contributed by atoms with Crippen molar-refractivity contribution in [2.75, 3.05) is 26.7 Å². The van der Waals surface area contributed by atoms with Gasteiger partial charge in [0.05, 0.1) is 10.9 Å². The molecule has 2 aliphatic heterocycles. The van der Waals surface area contributed by atoms with Crippen molar-refractivity contribution in [3.05, 3.63) is 72.2 Å². The number of hydrogen-bond donors (Lipinski definition) is 1. The molecule has 2 aromatic carbocycles. The van der Waals surface area contributed by atoms with Crippen LogP contribution in [0.15, 0.2) is 60.1 Å². The number of nitrogens with zero attached hydrogens (tertiary/aromatic N) is 1. The van der Waals surface area contributed by atoms with Crippen LogP contribution >= 0.6 is 0 Å². The zero-order chi connectivity index (χ0) is 29.4. The van der Waals surface area contributed by atoms with Gasteiger partial charge in [-0.2, -0.15) is 26.3 Å². The lowest BCUT2D eigenvalue weighted by Gasteiger charge is -2.42. The van der Waals surface area contributed by atoms with E-state index < -0.39 is 55.8 Å². The molecule has 0 bridgehead atoms. The summed E-state index contributed by atoms with van der Waals surface area (Å²) in [5.41, 5.74) is -7.64. The molecule has 39 heavy (non-hydrogen) atoms. The van der Waals surface area contributed by atoms with Crippen LogP contribution in [0.4, 0.5) is 35.1 Å². The summed E-state index contributed by atoms with van der Waals surface area (Å²) in [6.07, 6.45) is -11.1. The van der Waals surface area contributed by atoms with Gasteiger partial charge in [-0.3, -0.25) is 4.90 Å². The highest BCUT2D eigenvalue weighted by Gasteiger charge is 2.74. The molecule has 0 spiro atoms. The summed E-state index contributed by atoms with van der Waals surface area (Å²) in [5.74, 6) is -1.28. The monoisotopic (exact) mass is 586 g/mol. The highest BCUT2D eigenvalue weighted by molar-refractivity contribution is 7.92. The molecule has 0 aliphatic carbocycles. The summed E-state index contributed by atoms with van der Waals surface area (Å²) < 4.78 is 139. The van der Waals surface area contributed by atoms with Crippen LogP contribution in [0, 0.1) is 5.82 Å². The molecule has 216 valence electrons. The van der Waals surface area contributed by atoms with Crippen LogP contribution in [-0.2, 0) is 20.3 Å². The standard InChI is InChI=1S/C22H19F8NO3S.C3H7N/c1-2-31-10-9-19(35(32,33)15-6-4-14(23)5-7-15)16-8-3-13(11-17(16)34-12-18(19)31)20(24,21(25,26)27)22(28,29)30;1-3-4-2/h3-8,11,18H,2,9-10,12H2,1H3;3-4H,1H2,2H3. The van der Waals surface area contributed by atoms with Crippen molar-refractivity contribution in [2.24, 2.45) is 0 Å². The van der Waals surface area contributed by atoms with Crippen molar-refractivity contribution in [1.82, 2.24) is 10.2 Å². The molecule has 0 radical (unpaired) electrons. The summed E-state index contributed by atoms with van der Waals surface area (Å²) in [6.45, 7) is 5.38. The Kier molecular flexibility index (Phi) is 8.34. The van der Waals surface area contributed by atoms with Gasteiger partial charge in [0.2, 0.25) is 0 Å². The Bertz CT molecular complexity index is 1280. The third-order valence-corrected chi connectivity index (χ3v) is 9.52. The maximum atomic E-state index is 14.7. The molecular formula is C25H26F8N2O3S. The van der Waals surface area contributed by atoms with Crippen LogP contribution in [0.3, 0.4) is 0 Å². The Balaban J connectivity index is 0.000000983. The normalized spacial score (nSPS) is 21.6. The molecule has 2 unspecified atom stereocenters. The zero-order valence-corrected chi connectivity index (χ0v) is 21.7. The lowest BCUT2D eigenvalue weighted by molar-refractivity contribution is -0.348. The molecule has 2 aromatic rings. The van der Waals surface area contributed by atoms with E-state index in [0.29, 0.717) is 12.6 Å². The van der Waals surface area contributed by atoms with E-state index in [4.69, 9.17) is 4.74 Å². The van der Waals surface area contributed by atoms with Gasteiger partial charge < -0.3 is 10.1 Å². The van der Waals surface area contributed by atoms with Crippen LogP contribution in [-0.4, -0.2) is 58.5 Å². The summed E-state index contributed by atoms with van der Waals surface area (Å²) in [5, 5.41) is 2.69. The average Bonchev–Trinajstić information content (AvgIpc) is 3.27. The minimum Gasteiger partial charge on any atom is -0.492 e. The molecule has 0 amide bonds. The number of likely N-dealkylation sites (N-methyl/N-ethyl adjacent to an activating group) is 1. The van der Waals surface area contributed by atoms with Crippen LogP contribution in [0.25, 0.3) is 0 Å². The minimum atomic E-state index is -6.33. The molecule has 4 rings (SSSR count). The van der Waals surface area contributed by atoms with Gasteiger partial charge in [-0.25, -0.2) is 17.2 Å². The van der Waals surface area contributed by atoms with E-state index in [1.54, 1.807) is 18.0 Å². The molecule has 2 atom stereocenters. The van der Waals surface area contributed by atoms with Gasteiger partial charge in [-0.1, -0.05) is 25.6 Å². The van der Waals surface area contributed by atoms with E-state index in [0.717, 1.165) is 30.3 Å². The van der Waals surface area contributed by atoms with Gasteiger partial charge in [-0.05, 0) is 49.5 Å². The average molecular weight is 587 g/mol. The Morgan fingerprint density at radius 3 is 2.13 bits per heavy atom. The van der Waals surface area contributed by atoms with Crippen LogP contribution < -0.4 is 10.1 Å².